The molecule has 2 heterocycles. The minimum atomic E-state index is -2.98. The van der Waals surface area contributed by atoms with E-state index in [0.29, 0.717) is 32.6 Å². The molecule has 0 aromatic heterocycles. The molecule has 0 bridgehead atoms. The maximum Gasteiger partial charge on any atom is 0.256 e. The van der Waals surface area contributed by atoms with Crippen LogP contribution in [0, 0.1) is 0 Å². The minimum Gasteiger partial charge on any atom is -0.497 e. The molecule has 0 spiro atoms. The van der Waals surface area contributed by atoms with Crippen molar-refractivity contribution in [3.8, 4) is 5.75 Å². The molecule has 2 saturated heterocycles. The Bertz CT molecular complexity index is 753. The molecule has 2 fully saturated rings. The van der Waals surface area contributed by atoms with E-state index in [4.69, 9.17) is 4.74 Å². The minimum absolute atomic E-state index is 0.0881. The van der Waals surface area contributed by atoms with Crippen molar-refractivity contribution in [1.29, 1.82) is 0 Å². The average molecular weight is 382 g/mol. The van der Waals surface area contributed by atoms with Gasteiger partial charge in [-0.05, 0) is 30.5 Å². The second-order valence-corrected chi connectivity index (χ2v) is 9.44. The summed E-state index contributed by atoms with van der Waals surface area (Å²) < 4.78 is 28.4. The lowest BCUT2D eigenvalue weighted by molar-refractivity contribution is -0.160. The number of rotatable bonds is 5. The highest BCUT2D eigenvalue weighted by Crippen LogP contribution is 2.26. The molecule has 26 heavy (non-hydrogen) atoms. The molecule has 0 saturated carbocycles. The Morgan fingerprint density at radius 2 is 1.96 bits per heavy atom. The lowest BCUT2D eigenvalue weighted by Crippen LogP contribution is -2.59. The van der Waals surface area contributed by atoms with Gasteiger partial charge in [0.1, 0.15) is 5.75 Å². The van der Waals surface area contributed by atoms with Gasteiger partial charge < -0.3 is 14.7 Å². The molecular weight excluding hydrogens is 356 g/mol. The second kappa shape index (κ2) is 7.54. The Balaban J connectivity index is 1.66. The number of ether oxygens (including phenoxy) is 1. The van der Waals surface area contributed by atoms with Crippen molar-refractivity contribution in [2.75, 3.05) is 44.8 Å². The van der Waals surface area contributed by atoms with Crippen LogP contribution in [0.2, 0.25) is 0 Å². The van der Waals surface area contributed by atoms with Gasteiger partial charge in [0, 0.05) is 32.7 Å². The fourth-order valence-electron chi connectivity index (χ4n) is 3.63. The third-order valence-corrected chi connectivity index (χ3v) is 6.74. The lowest BCUT2D eigenvalue weighted by Gasteiger charge is -2.41. The van der Waals surface area contributed by atoms with Crippen LogP contribution < -0.4 is 4.74 Å². The van der Waals surface area contributed by atoms with E-state index in [9.17, 15) is 18.3 Å². The summed E-state index contributed by atoms with van der Waals surface area (Å²) in [6.07, 6.45) is 1.13. The maximum atomic E-state index is 12.9. The van der Waals surface area contributed by atoms with Gasteiger partial charge in [-0.15, -0.1) is 0 Å². The number of sulfone groups is 1. The predicted molar refractivity (Wildman–Crippen MR) is 97.7 cm³/mol. The molecule has 2 aliphatic heterocycles. The Kier molecular flexibility index (Phi) is 5.55. The molecule has 1 N–H and O–H groups in total. The van der Waals surface area contributed by atoms with Crippen LogP contribution in [-0.2, 0) is 21.2 Å². The van der Waals surface area contributed by atoms with E-state index in [-0.39, 0.29) is 24.0 Å². The first-order valence-corrected chi connectivity index (χ1v) is 10.7. The number of nitrogens with zero attached hydrogens (tertiary/aromatic N) is 2. The summed E-state index contributed by atoms with van der Waals surface area (Å²) in [4.78, 5) is 16.5. The lowest BCUT2D eigenvalue weighted by atomic mass is 9.90. The molecule has 0 aliphatic carbocycles. The first-order chi connectivity index (χ1) is 12.3. The highest BCUT2D eigenvalue weighted by atomic mass is 32.2. The zero-order chi connectivity index (χ0) is 18.8. The molecule has 3 rings (SSSR count). The Hall–Kier alpha value is -1.64. The molecule has 2 aliphatic rings. The molecule has 1 amide bonds. The standard InChI is InChI=1S/C18H26N2O5S/c1-25-16-5-2-4-15(12-16)13-20-7-3-6-18(22,17(20)21)14-19-8-10-26(23,24)11-9-19/h2,4-5,12,22H,3,6-11,13-14H2,1H3. The van der Waals surface area contributed by atoms with Gasteiger partial charge in [-0.1, -0.05) is 12.1 Å². The van der Waals surface area contributed by atoms with E-state index in [2.05, 4.69) is 0 Å². The average Bonchev–Trinajstić information content (AvgIpc) is 2.61. The van der Waals surface area contributed by atoms with E-state index in [0.717, 1.165) is 17.7 Å². The number of hydrogen-bond donors (Lipinski definition) is 1. The van der Waals surface area contributed by atoms with Crippen LogP contribution in [0.15, 0.2) is 24.3 Å². The van der Waals surface area contributed by atoms with Crippen molar-refractivity contribution in [3.63, 3.8) is 0 Å². The summed E-state index contributed by atoms with van der Waals surface area (Å²) in [7, 11) is -1.38. The zero-order valence-corrected chi connectivity index (χ0v) is 15.9. The van der Waals surface area contributed by atoms with E-state index in [1.165, 1.54) is 0 Å². The van der Waals surface area contributed by atoms with Crippen LogP contribution in [0.25, 0.3) is 0 Å². The molecule has 1 atom stereocenters. The van der Waals surface area contributed by atoms with Gasteiger partial charge in [0.25, 0.3) is 5.91 Å². The van der Waals surface area contributed by atoms with E-state index in [1.54, 1.807) is 12.0 Å². The van der Waals surface area contributed by atoms with Gasteiger partial charge in [-0.2, -0.15) is 0 Å². The van der Waals surface area contributed by atoms with Crippen molar-refractivity contribution in [2.45, 2.75) is 25.0 Å². The molecule has 7 nitrogen and oxygen atoms in total. The topological polar surface area (TPSA) is 87.2 Å². The molecule has 0 radical (unpaired) electrons. The number of piperidine rings is 1. The summed E-state index contributed by atoms with van der Waals surface area (Å²) in [5.74, 6) is 0.632. The molecular formula is C18H26N2O5S. The van der Waals surface area contributed by atoms with E-state index < -0.39 is 15.4 Å². The zero-order valence-electron chi connectivity index (χ0n) is 15.1. The molecule has 1 aromatic carbocycles. The fraction of sp³-hybridized carbons (Fsp3) is 0.611. The van der Waals surface area contributed by atoms with Gasteiger partial charge in [0.05, 0.1) is 18.6 Å². The summed E-state index contributed by atoms with van der Waals surface area (Å²) in [5.41, 5.74) is -0.496. The van der Waals surface area contributed by atoms with Gasteiger partial charge in [-0.3, -0.25) is 9.69 Å². The van der Waals surface area contributed by atoms with Crippen LogP contribution in [0.1, 0.15) is 18.4 Å². The van der Waals surface area contributed by atoms with Crippen LogP contribution in [0.3, 0.4) is 0 Å². The summed E-state index contributed by atoms with van der Waals surface area (Å²) in [6, 6.07) is 7.54. The molecule has 8 heteroatoms. The van der Waals surface area contributed by atoms with Gasteiger partial charge in [-0.25, -0.2) is 8.42 Å². The number of benzene rings is 1. The number of carbonyl (C=O) groups excluding carboxylic acids is 1. The number of aliphatic hydroxyl groups is 1. The van der Waals surface area contributed by atoms with Gasteiger partial charge in [0.15, 0.2) is 15.4 Å². The number of methoxy groups -OCH3 is 1. The number of hydrogen-bond acceptors (Lipinski definition) is 6. The molecule has 1 unspecified atom stereocenters. The highest BCUT2D eigenvalue weighted by Gasteiger charge is 2.43. The summed E-state index contributed by atoms with van der Waals surface area (Å²) in [5, 5.41) is 11.0. The van der Waals surface area contributed by atoms with Crippen molar-refractivity contribution in [3.05, 3.63) is 29.8 Å². The van der Waals surface area contributed by atoms with Crippen LogP contribution in [-0.4, -0.2) is 79.6 Å². The molecule has 1 aromatic rings. The van der Waals surface area contributed by atoms with E-state index >= 15 is 0 Å². The number of carbonyl (C=O) groups is 1. The van der Waals surface area contributed by atoms with Gasteiger partial charge in [0.2, 0.25) is 0 Å². The van der Waals surface area contributed by atoms with E-state index in [1.807, 2.05) is 29.2 Å². The largest absolute Gasteiger partial charge is 0.497 e. The monoisotopic (exact) mass is 382 g/mol. The van der Waals surface area contributed by atoms with Crippen molar-refractivity contribution < 1.29 is 23.1 Å². The normalized spacial score (nSPS) is 26.7. The van der Waals surface area contributed by atoms with Gasteiger partial charge >= 0.3 is 0 Å². The maximum absolute atomic E-state index is 12.9. The number of amides is 1. The first-order valence-electron chi connectivity index (χ1n) is 8.89. The third-order valence-electron chi connectivity index (χ3n) is 5.13. The molecule has 144 valence electrons. The van der Waals surface area contributed by atoms with Crippen LogP contribution in [0.4, 0.5) is 0 Å². The van der Waals surface area contributed by atoms with Crippen LogP contribution >= 0.6 is 0 Å². The number of likely N-dealkylation sites (tertiary alicyclic amines) is 1. The predicted octanol–water partition coefficient (Wildman–Crippen LogP) is 0.279. The summed E-state index contributed by atoms with van der Waals surface area (Å²) >= 11 is 0. The van der Waals surface area contributed by atoms with Crippen molar-refractivity contribution in [1.82, 2.24) is 9.80 Å². The second-order valence-electron chi connectivity index (χ2n) is 7.14. The SMILES string of the molecule is COc1cccc(CN2CCCC(O)(CN3CCS(=O)(=O)CC3)C2=O)c1. The Morgan fingerprint density at radius 1 is 1.23 bits per heavy atom. The highest BCUT2D eigenvalue weighted by molar-refractivity contribution is 7.91. The quantitative estimate of drug-likeness (QED) is 0.787. The third kappa shape index (κ3) is 4.36. The Morgan fingerprint density at radius 3 is 2.65 bits per heavy atom. The number of β-amino-alcohol motifs (C(OH)–C–C–N with tert-alkyl or cyclic N) is 1. The van der Waals surface area contributed by atoms with Crippen molar-refractivity contribution in [2.24, 2.45) is 0 Å². The first kappa shape index (κ1) is 19.1. The van der Waals surface area contributed by atoms with Crippen LogP contribution in [0.5, 0.6) is 5.75 Å². The van der Waals surface area contributed by atoms with Crippen molar-refractivity contribution >= 4 is 15.7 Å². The summed E-state index contributed by atoms with van der Waals surface area (Å²) in [6.45, 7) is 1.96. The fourth-order valence-corrected chi connectivity index (χ4v) is 4.91. The Labute approximate surface area is 154 Å². The smallest absolute Gasteiger partial charge is 0.256 e.